The average Bonchev–Trinajstić information content (AvgIpc) is 2.69. The summed E-state index contributed by atoms with van der Waals surface area (Å²) in [5.41, 5.74) is 5.51. The third-order valence-electron chi connectivity index (χ3n) is 4.53. The molecular weight excluding hydrogens is 334 g/mol. The zero-order valence-corrected chi connectivity index (χ0v) is 14.9. The van der Waals surface area contributed by atoms with Gasteiger partial charge < -0.3 is 4.74 Å². The van der Waals surface area contributed by atoms with Gasteiger partial charge in [0.1, 0.15) is 0 Å². The molecule has 2 atom stereocenters. The van der Waals surface area contributed by atoms with E-state index in [9.17, 15) is 4.79 Å². The van der Waals surface area contributed by atoms with E-state index in [1.54, 1.807) is 17.2 Å². The van der Waals surface area contributed by atoms with E-state index in [0.717, 1.165) is 12.2 Å². The molecule has 0 saturated carbocycles. The van der Waals surface area contributed by atoms with Gasteiger partial charge in [0, 0.05) is 11.9 Å². The number of thioether (sulfide) groups is 1. The first-order valence-electron chi connectivity index (χ1n) is 8.55. The summed E-state index contributed by atoms with van der Waals surface area (Å²) in [6, 6.07) is 19.0. The van der Waals surface area contributed by atoms with Crippen molar-refractivity contribution in [1.29, 1.82) is 0 Å². The van der Waals surface area contributed by atoms with Crippen LogP contribution in [0, 0.1) is 5.92 Å². The van der Waals surface area contributed by atoms with Crippen molar-refractivity contribution in [3.63, 3.8) is 0 Å². The summed E-state index contributed by atoms with van der Waals surface area (Å²) in [4.78, 5) is 11.8. The highest BCUT2D eigenvalue weighted by molar-refractivity contribution is 7.99. The number of aryl methyl sites for hydroxylation is 1. The number of amides is 1. The highest BCUT2D eigenvalue weighted by Gasteiger charge is 2.31. The predicted octanol–water partition coefficient (Wildman–Crippen LogP) is 3.54. The fourth-order valence-corrected chi connectivity index (χ4v) is 4.42. The van der Waals surface area contributed by atoms with Crippen LogP contribution in [0.15, 0.2) is 54.6 Å². The van der Waals surface area contributed by atoms with E-state index < -0.39 is 0 Å². The van der Waals surface area contributed by atoms with Crippen LogP contribution < -0.4 is 5.48 Å². The summed E-state index contributed by atoms with van der Waals surface area (Å²) in [5, 5.41) is 8.98. The molecule has 0 aromatic heterocycles. The summed E-state index contributed by atoms with van der Waals surface area (Å²) in [7, 11) is 0. The van der Waals surface area contributed by atoms with E-state index in [0.29, 0.717) is 19.6 Å². The molecular formula is C20H23NO3S. The minimum absolute atomic E-state index is 0.101. The van der Waals surface area contributed by atoms with Crippen LogP contribution in [0.5, 0.6) is 0 Å². The van der Waals surface area contributed by atoms with E-state index in [1.807, 2.05) is 18.2 Å². The Kier molecular flexibility index (Phi) is 6.50. The van der Waals surface area contributed by atoms with Crippen LogP contribution in [-0.4, -0.2) is 35.3 Å². The van der Waals surface area contributed by atoms with Gasteiger partial charge in [-0.2, -0.15) is 11.8 Å². The SMILES string of the molecule is O=C(NO)C1CCOCC1SCCc1ccc(-c2ccccc2)cc1. The lowest BCUT2D eigenvalue weighted by Crippen LogP contribution is -2.40. The maximum atomic E-state index is 11.8. The second kappa shape index (κ2) is 9.04. The van der Waals surface area contributed by atoms with Gasteiger partial charge in [-0.15, -0.1) is 0 Å². The Morgan fingerprint density at radius 3 is 2.56 bits per heavy atom. The molecule has 1 fully saturated rings. The molecule has 132 valence electrons. The van der Waals surface area contributed by atoms with Crippen LogP contribution >= 0.6 is 11.8 Å². The van der Waals surface area contributed by atoms with Crippen LogP contribution in [0.3, 0.4) is 0 Å². The molecule has 0 aliphatic carbocycles. The molecule has 2 unspecified atom stereocenters. The molecule has 1 aliphatic rings. The van der Waals surface area contributed by atoms with Gasteiger partial charge in [-0.05, 0) is 35.3 Å². The first-order valence-corrected chi connectivity index (χ1v) is 9.60. The molecule has 0 spiro atoms. The maximum Gasteiger partial charge on any atom is 0.247 e. The third-order valence-corrected chi connectivity index (χ3v) is 5.87. The molecule has 2 aromatic carbocycles. The van der Waals surface area contributed by atoms with Crippen LogP contribution in [0.4, 0.5) is 0 Å². The Hall–Kier alpha value is -1.82. The maximum absolute atomic E-state index is 11.8. The number of hydrogen-bond acceptors (Lipinski definition) is 4. The Labute approximate surface area is 152 Å². The minimum Gasteiger partial charge on any atom is -0.380 e. The molecule has 1 amide bonds. The van der Waals surface area contributed by atoms with E-state index in [1.165, 1.54) is 16.7 Å². The largest absolute Gasteiger partial charge is 0.380 e. The van der Waals surface area contributed by atoms with Gasteiger partial charge in [0.25, 0.3) is 0 Å². The van der Waals surface area contributed by atoms with Gasteiger partial charge >= 0.3 is 0 Å². The average molecular weight is 357 g/mol. The molecule has 2 aromatic rings. The lowest BCUT2D eigenvalue weighted by Gasteiger charge is -2.29. The summed E-state index contributed by atoms with van der Waals surface area (Å²) in [6.45, 7) is 1.14. The highest BCUT2D eigenvalue weighted by Crippen LogP contribution is 2.28. The number of hydrogen-bond donors (Lipinski definition) is 2. The first kappa shape index (κ1) is 18.0. The standard InChI is InChI=1S/C20H23NO3S/c22-20(21-23)18-10-12-24-14-19(18)25-13-11-15-6-8-17(9-7-15)16-4-2-1-3-5-16/h1-9,18-19,23H,10-14H2,(H,21,22). The molecule has 2 N–H and O–H groups in total. The van der Waals surface area contributed by atoms with Crippen molar-refractivity contribution >= 4 is 17.7 Å². The van der Waals surface area contributed by atoms with Crippen LogP contribution in [0.1, 0.15) is 12.0 Å². The summed E-state index contributed by atoms with van der Waals surface area (Å²) in [5.74, 6) is 0.450. The fraction of sp³-hybridized carbons (Fsp3) is 0.350. The van der Waals surface area contributed by atoms with Crippen molar-refractivity contribution < 1.29 is 14.7 Å². The molecule has 1 heterocycles. The molecule has 5 heteroatoms. The Morgan fingerprint density at radius 1 is 1.12 bits per heavy atom. The Morgan fingerprint density at radius 2 is 1.84 bits per heavy atom. The zero-order valence-electron chi connectivity index (χ0n) is 14.1. The topological polar surface area (TPSA) is 58.6 Å². The van der Waals surface area contributed by atoms with E-state index in [2.05, 4.69) is 36.4 Å². The molecule has 25 heavy (non-hydrogen) atoms. The number of ether oxygens (including phenoxy) is 1. The molecule has 0 bridgehead atoms. The molecule has 1 aliphatic heterocycles. The smallest absolute Gasteiger partial charge is 0.247 e. The number of benzene rings is 2. The summed E-state index contributed by atoms with van der Waals surface area (Å²) >= 11 is 1.75. The molecule has 4 nitrogen and oxygen atoms in total. The van der Waals surface area contributed by atoms with E-state index in [-0.39, 0.29) is 17.1 Å². The van der Waals surface area contributed by atoms with Gasteiger partial charge in [-0.3, -0.25) is 10.0 Å². The van der Waals surface area contributed by atoms with Crippen molar-refractivity contribution in [2.24, 2.45) is 5.92 Å². The predicted molar refractivity (Wildman–Crippen MR) is 101 cm³/mol. The number of hydroxylamine groups is 1. The number of carbonyl (C=O) groups excluding carboxylic acids is 1. The number of rotatable bonds is 6. The zero-order chi connectivity index (χ0) is 17.5. The first-order chi connectivity index (χ1) is 12.3. The van der Waals surface area contributed by atoms with Crippen molar-refractivity contribution in [3.05, 3.63) is 60.2 Å². The minimum atomic E-state index is -0.298. The van der Waals surface area contributed by atoms with Crippen molar-refractivity contribution in [1.82, 2.24) is 5.48 Å². The number of carbonyl (C=O) groups is 1. The third kappa shape index (κ3) is 4.84. The van der Waals surface area contributed by atoms with Crippen molar-refractivity contribution in [2.75, 3.05) is 19.0 Å². The lowest BCUT2D eigenvalue weighted by molar-refractivity contribution is -0.135. The van der Waals surface area contributed by atoms with Crippen molar-refractivity contribution in [2.45, 2.75) is 18.1 Å². The van der Waals surface area contributed by atoms with E-state index >= 15 is 0 Å². The second-order valence-electron chi connectivity index (χ2n) is 6.17. The van der Waals surface area contributed by atoms with Gasteiger partial charge in [0.2, 0.25) is 5.91 Å². The van der Waals surface area contributed by atoms with Gasteiger partial charge in [0.05, 0.1) is 12.5 Å². The van der Waals surface area contributed by atoms with Crippen LogP contribution in [0.25, 0.3) is 11.1 Å². The van der Waals surface area contributed by atoms with Gasteiger partial charge in [0.15, 0.2) is 0 Å². The lowest BCUT2D eigenvalue weighted by atomic mass is 9.99. The fourth-order valence-electron chi connectivity index (χ4n) is 3.08. The highest BCUT2D eigenvalue weighted by atomic mass is 32.2. The normalized spacial score (nSPS) is 20.2. The Balaban J connectivity index is 1.52. The van der Waals surface area contributed by atoms with Crippen LogP contribution in [0.2, 0.25) is 0 Å². The van der Waals surface area contributed by atoms with Gasteiger partial charge in [-0.25, -0.2) is 5.48 Å². The van der Waals surface area contributed by atoms with Crippen molar-refractivity contribution in [3.8, 4) is 11.1 Å². The van der Waals surface area contributed by atoms with Gasteiger partial charge in [-0.1, -0.05) is 54.6 Å². The molecule has 1 saturated heterocycles. The number of nitrogens with one attached hydrogen (secondary N) is 1. The second-order valence-corrected chi connectivity index (χ2v) is 7.52. The monoisotopic (exact) mass is 357 g/mol. The quantitative estimate of drug-likeness (QED) is 0.613. The molecule has 0 radical (unpaired) electrons. The van der Waals surface area contributed by atoms with Crippen LogP contribution in [-0.2, 0) is 16.0 Å². The van der Waals surface area contributed by atoms with E-state index in [4.69, 9.17) is 9.94 Å². The summed E-state index contributed by atoms with van der Waals surface area (Å²) < 4.78 is 5.49. The Bertz CT molecular complexity index is 675. The summed E-state index contributed by atoms with van der Waals surface area (Å²) in [6.07, 6.45) is 1.61. The molecule has 3 rings (SSSR count).